The Bertz CT molecular complexity index is 812. The number of ether oxygens (including phenoxy) is 1. The molecule has 1 aliphatic heterocycles. The summed E-state index contributed by atoms with van der Waals surface area (Å²) in [6, 6.07) is 10.4. The number of allylic oxidation sites excluding steroid dienone is 1. The van der Waals surface area contributed by atoms with Crippen LogP contribution in [0.5, 0.6) is 11.5 Å². The van der Waals surface area contributed by atoms with Crippen LogP contribution in [0, 0.1) is 0 Å². The van der Waals surface area contributed by atoms with Crippen molar-refractivity contribution >= 4 is 23.5 Å². The first-order chi connectivity index (χ1) is 11.0. The van der Waals surface area contributed by atoms with Crippen molar-refractivity contribution in [1.29, 1.82) is 0 Å². The van der Waals surface area contributed by atoms with Gasteiger partial charge in [-0.2, -0.15) is 0 Å². The molecule has 2 N–H and O–H groups in total. The molecular formula is C18H17ClNO3+. The lowest BCUT2D eigenvalue weighted by Gasteiger charge is -2.12. The number of benzene rings is 2. The second-order valence-electron chi connectivity index (χ2n) is 5.79. The predicted octanol–water partition coefficient (Wildman–Crippen LogP) is 2.31. The molecule has 118 valence electrons. The average molecular weight is 331 g/mol. The lowest BCUT2D eigenvalue weighted by atomic mass is 10.0. The number of fused-ring (bicyclic) bond motifs is 1. The first-order valence-corrected chi connectivity index (χ1v) is 7.68. The van der Waals surface area contributed by atoms with E-state index < -0.39 is 0 Å². The number of quaternary nitrogens is 1. The molecule has 0 radical (unpaired) electrons. The molecule has 0 unspecified atom stereocenters. The van der Waals surface area contributed by atoms with Gasteiger partial charge in [0.25, 0.3) is 0 Å². The highest BCUT2D eigenvalue weighted by molar-refractivity contribution is 6.32. The summed E-state index contributed by atoms with van der Waals surface area (Å²) < 4.78 is 5.77. The maximum Gasteiger partial charge on any atom is 0.231 e. The summed E-state index contributed by atoms with van der Waals surface area (Å²) >= 11 is 6.13. The minimum absolute atomic E-state index is 0.136. The molecule has 0 aromatic heterocycles. The van der Waals surface area contributed by atoms with Crippen molar-refractivity contribution < 1.29 is 19.5 Å². The fraction of sp³-hybridized carbons (Fsp3) is 0.167. The minimum atomic E-state index is -0.199. The van der Waals surface area contributed by atoms with Gasteiger partial charge in [-0.3, -0.25) is 4.79 Å². The Labute approximate surface area is 139 Å². The molecule has 23 heavy (non-hydrogen) atoms. The third-order valence-electron chi connectivity index (χ3n) is 3.64. The smallest absolute Gasteiger partial charge is 0.231 e. The first-order valence-electron chi connectivity index (χ1n) is 7.30. The van der Waals surface area contributed by atoms with Gasteiger partial charge in [-0.1, -0.05) is 29.8 Å². The first kappa shape index (κ1) is 15.6. The van der Waals surface area contributed by atoms with Crippen molar-refractivity contribution in [3.8, 4) is 11.5 Å². The zero-order chi connectivity index (χ0) is 16.6. The van der Waals surface area contributed by atoms with Crippen molar-refractivity contribution in [3.63, 3.8) is 0 Å². The highest BCUT2D eigenvalue weighted by atomic mass is 35.5. The summed E-state index contributed by atoms with van der Waals surface area (Å²) in [5.41, 5.74) is 1.82. The molecule has 2 aromatic rings. The van der Waals surface area contributed by atoms with E-state index in [1.54, 1.807) is 18.2 Å². The Balaban J connectivity index is 2.04. The second kappa shape index (κ2) is 6.07. The van der Waals surface area contributed by atoms with Crippen molar-refractivity contribution in [2.24, 2.45) is 0 Å². The Morgan fingerprint density at radius 1 is 1.22 bits per heavy atom. The van der Waals surface area contributed by atoms with Gasteiger partial charge in [-0.25, -0.2) is 0 Å². The zero-order valence-electron chi connectivity index (χ0n) is 12.9. The van der Waals surface area contributed by atoms with Gasteiger partial charge in [0.15, 0.2) is 11.5 Å². The molecule has 0 saturated heterocycles. The van der Waals surface area contributed by atoms with Crippen LogP contribution in [0.3, 0.4) is 0 Å². The summed E-state index contributed by atoms with van der Waals surface area (Å²) in [7, 11) is 3.94. The molecule has 0 bridgehead atoms. The van der Waals surface area contributed by atoms with E-state index in [1.807, 2.05) is 32.3 Å². The topological polar surface area (TPSA) is 51.0 Å². The van der Waals surface area contributed by atoms with Crippen LogP contribution >= 0.6 is 11.6 Å². The van der Waals surface area contributed by atoms with Crippen LogP contribution in [-0.2, 0) is 6.54 Å². The number of phenolic OH excluding ortho intramolecular Hbond substituents is 1. The Morgan fingerprint density at radius 3 is 2.65 bits per heavy atom. The zero-order valence-corrected chi connectivity index (χ0v) is 13.6. The fourth-order valence-electron chi connectivity index (χ4n) is 2.55. The van der Waals surface area contributed by atoms with Gasteiger partial charge in [0.2, 0.25) is 5.78 Å². The van der Waals surface area contributed by atoms with E-state index in [2.05, 4.69) is 0 Å². The van der Waals surface area contributed by atoms with Gasteiger partial charge in [0, 0.05) is 5.02 Å². The van der Waals surface area contributed by atoms with E-state index in [4.69, 9.17) is 16.3 Å². The highest BCUT2D eigenvalue weighted by Gasteiger charge is 2.32. The lowest BCUT2D eigenvalue weighted by molar-refractivity contribution is -0.872. The summed E-state index contributed by atoms with van der Waals surface area (Å²) in [5, 5.41) is 10.6. The average Bonchev–Trinajstić information content (AvgIpc) is 2.81. The van der Waals surface area contributed by atoms with E-state index >= 15 is 0 Å². The SMILES string of the molecule is C[NH+](C)Cc1c(O)ccc2c1OC(=Cc1ccccc1Cl)C2=O. The fourth-order valence-corrected chi connectivity index (χ4v) is 2.74. The summed E-state index contributed by atoms with van der Waals surface area (Å²) in [4.78, 5) is 13.7. The summed E-state index contributed by atoms with van der Waals surface area (Å²) in [6.07, 6.45) is 1.63. The van der Waals surface area contributed by atoms with Crippen LogP contribution in [0.2, 0.25) is 5.02 Å². The maximum absolute atomic E-state index is 12.5. The molecule has 5 heteroatoms. The van der Waals surface area contributed by atoms with Gasteiger partial charge in [0.1, 0.15) is 12.3 Å². The maximum atomic E-state index is 12.5. The van der Waals surface area contributed by atoms with Gasteiger partial charge in [-0.15, -0.1) is 0 Å². The van der Waals surface area contributed by atoms with Crippen LogP contribution in [0.4, 0.5) is 0 Å². The van der Waals surface area contributed by atoms with E-state index in [0.29, 0.717) is 34.0 Å². The minimum Gasteiger partial charge on any atom is -0.507 e. The normalized spacial score (nSPS) is 15.1. The standard InChI is InChI=1S/C18H16ClNO3/c1-20(2)10-13-15(21)8-7-12-17(22)16(23-18(12)13)9-11-5-3-4-6-14(11)19/h3-9,21H,10H2,1-2H3/p+1. The number of aromatic hydroxyl groups is 1. The van der Waals surface area contributed by atoms with Crippen LogP contribution in [-0.4, -0.2) is 25.0 Å². The molecule has 4 nitrogen and oxygen atoms in total. The van der Waals surface area contributed by atoms with Crippen molar-refractivity contribution in [3.05, 3.63) is 63.9 Å². The number of phenols is 1. The number of nitrogens with one attached hydrogen (secondary N) is 1. The molecule has 0 saturated carbocycles. The Morgan fingerprint density at radius 2 is 1.96 bits per heavy atom. The lowest BCUT2D eigenvalue weighted by Crippen LogP contribution is -3.04. The molecule has 1 heterocycles. The molecular weight excluding hydrogens is 314 g/mol. The second-order valence-corrected chi connectivity index (χ2v) is 6.19. The van der Waals surface area contributed by atoms with E-state index in [-0.39, 0.29) is 17.3 Å². The highest BCUT2D eigenvalue weighted by Crippen LogP contribution is 2.39. The number of hydrogen-bond donors (Lipinski definition) is 2. The van der Waals surface area contributed by atoms with Gasteiger partial charge >= 0.3 is 0 Å². The molecule has 2 aromatic carbocycles. The Kier molecular flexibility index (Phi) is 4.11. The summed E-state index contributed by atoms with van der Waals surface area (Å²) in [6.45, 7) is 0.557. The summed E-state index contributed by atoms with van der Waals surface area (Å²) in [5.74, 6) is 0.592. The number of carbonyl (C=O) groups excluding carboxylic acids is 1. The molecule has 0 amide bonds. The monoisotopic (exact) mass is 330 g/mol. The number of halogens is 1. The number of Topliss-reactive ketones (excluding diaryl/α,β-unsaturated/α-hetero) is 1. The van der Waals surface area contributed by atoms with Crippen LogP contribution in [0.15, 0.2) is 42.2 Å². The predicted molar refractivity (Wildman–Crippen MR) is 89.0 cm³/mol. The van der Waals surface area contributed by atoms with Gasteiger partial charge < -0.3 is 14.7 Å². The van der Waals surface area contributed by atoms with Gasteiger partial charge in [0.05, 0.1) is 25.2 Å². The van der Waals surface area contributed by atoms with Crippen molar-refractivity contribution in [2.45, 2.75) is 6.54 Å². The number of ketones is 1. The van der Waals surface area contributed by atoms with Gasteiger partial charge in [-0.05, 0) is 29.8 Å². The number of hydrogen-bond acceptors (Lipinski definition) is 3. The molecule has 0 spiro atoms. The van der Waals surface area contributed by atoms with Crippen molar-refractivity contribution in [2.75, 3.05) is 14.1 Å². The number of rotatable bonds is 3. The van der Waals surface area contributed by atoms with E-state index in [0.717, 1.165) is 4.90 Å². The molecule has 1 aliphatic rings. The Hall–Kier alpha value is -2.30. The third kappa shape index (κ3) is 2.96. The quantitative estimate of drug-likeness (QED) is 0.849. The van der Waals surface area contributed by atoms with Crippen LogP contribution < -0.4 is 9.64 Å². The van der Waals surface area contributed by atoms with Crippen LogP contribution in [0.25, 0.3) is 6.08 Å². The van der Waals surface area contributed by atoms with E-state index in [1.165, 1.54) is 6.07 Å². The molecule has 0 aliphatic carbocycles. The van der Waals surface area contributed by atoms with Crippen molar-refractivity contribution in [1.82, 2.24) is 0 Å². The molecule has 0 atom stereocenters. The largest absolute Gasteiger partial charge is 0.507 e. The van der Waals surface area contributed by atoms with Crippen LogP contribution in [0.1, 0.15) is 21.5 Å². The third-order valence-corrected chi connectivity index (χ3v) is 3.98. The molecule has 0 fully saturated rings. The molecule has 3 rings (SSSR count). The number of carbonyl (C=O) groups is 1. The van der Waals surface area contributed by atoms with E-state index in [9.17, 15) is 9.90 Å².